The summed E-state index contributed by atoms with van der Waals surface area (Å²) in [5.74, 6) is -1.05. The van der Waals surface area contributed by atoms with E-state index >= 15 is 0 Å². The largest absolute Gasteiger partial charge is 0.466 e. The molecule has 0 aliphatic carbocycles. The summed E-state index contributed by atoms with van der Waals surface area (Å²) in [6.07, 6.45) is 0. The molecule has 1 unspecified atom stereocenters. The molecule has 0 fully saturated rings. The summed E-state index contributed by atoms with van der Waals surface area (Å²) >= 11 is 0. The zero-order valence-corrected chi connectivity index (χ0v) is 7.57. The SMILES string of the molecule is [B]C(C(=O)OCC)c1ccccc1. The fraction of sp³-hybridized carbons (Fsp3) is 0.300. The van der Waals surface area contributed by atoms with Gasteiger partial charge in [-0.2, -0.15) is 0 Å². The predicted molar refractivity (Wildman–Crippen MR) is 51.6 cm³/mol. The number of esters is 1. The van der Waals surface area contributed by atoms with Crippen LogP contribution in [-0.2, 0) is 9.53 Å². The quantitative estimate of drug-likeness (QED) is 0.512. The molecule has 3 heteroatoms. The lowest BCUT2D eigenvalue weighted by Crippen LogP contribution is -2.15. The van der Waals surface area contributed by atoms with E-state index in [9.17, 15) is 4.79 Å². The third kappa shape index (κ3) is 2.62. The highest BCUT2D eigenvalue weighted by atomic mass is 16.5. The van der Waals surface area contributed by atoms with Gasteiger partial charge >= 0.3 is 5.97 Å². The molecule has 0 heterocycles. The molecular formula is C10H11BO2. The maximum Gasteiger partial charge on any atom is 0.304 e. The van der Waals surface area contributed by atoms with Crippen molar-refractivity contribution in [1.29, 1.82) is 0 Å². The van der Waals surface area contributed by atoms with E-state index < -0.39 is 5.82 Å². The number of ether oxygens (including phenoxy) is 1. The van der Waals surface area contributed by atoms with Crippen LogP contribution in [0.2, 0.25) is 0 Å². The molecule has 0 aromatic heterocycles. The number of carbonyl (C=O) groups excluding carboxylic acids is 1. The van der Waals surface area contributed by atoms with Crippen LogP contribution in [0, 0.1) is 0 Å². The highest BCUT2D eigenvalue weighted by Gasteiger charge is 2.14. The first kappa shape index (κ1) is 9.84. The van der Waals surface area contributed by atoms with Crippen molar-refractivity contribution in [1.82, 2.24) is 0 Å². The van der Waals surface area contributed by atoms with Crippen molar-refractivity contribution >= 4 is 13.8 Å². The van der Waals surface area contributed by atoms with E-state index in [-0.39, 0.29) is 5.97 Å². The first-order chi connectivity index (χ1) is 6.25. The van der Waals surface area contributed by atoms with Crippen LogP contribution in [0.15, 0.2) is 30.3 Å². The normalized spacial score (nSPS) is 12.1. The van der Waals surface area contributed by atoms with Gasteiger partial charge in [-0.05, 0) is 12.5 Å². The molecule has 1 atom stereocenters. The van der Waals surface area contributed by atoms with Crippen LogP contribution in [0.25, 0.3) is 0 Å². The smallest absolute Gasteiger partial charge is 0.304 e. The average Bonchev–Trinajstić information content (AvgIpc) is 2.18. The van der Waals surface area contributed by atoms with E-state index in [2.05, 4.69) is 0 Å². The Balaban J connectivity index is 2.68. The summed E-state index contributed by atoms with van der Waals surface area (Å²) in [5.41, 5.74) is 0.779. The summed E-state index contributed by atoms with van der Waals surface area (Å²) in [6, 6.07) is 9.17. The molecule has 0 bridgehead atoms. The van der Waals surface area contributed by atoms with Crippen LogP contribution in [0.4, 0.5) is 0 Å². The second-order valence-electron chi connectivity index (χ2n) is 2.64. The van der Waals surface area contributed by atoms with Gasteiger partial charge in [0.15, 0.2) is 0 Å². The van der Waals surface area contributed by atoms with Crippen LogP contribution in [-0.4, -0.2) is 20.4 Å². The van der Waals surface area contributed by atoms with E-state index in [0.717, 1.165) is 5.56 Å². The van der Waals surface area contributed by atoms with Gasteiger partial charge in [0.05, 0.1) is 14.5 Å². The second-order valence-corrected chi connectivity index (χ2v) is 2.64. The van der Waals surface area contributed by atoms with E-state index in [1.54, 1.807) is 6.92 Å². The van der Waals surface area contributed by atoms with Crippen LogP contribution in [0.3, 0.4) is 0 Å². The Morgan fingerprint density at radius 3 is 2.62 bits per heavy atom. The monoisotopic (exact) mass is 174 g/mol. The van der Waals surface area contributed by atoms with Crippen LogP contribution in [0.5, 0.6) is 0 Å². The molecule has 0 spiro atoms. The Kier molecular flexibility index (Phi) is 3.56. The van der Waals surface area contributed by atoms with Crippen LogP contribution in [0.1, 0.15) is 18.3 Å². The van der Waals surface area contributed by atoms with Crippen molar-refractivity contribution in [2.24, 2.45) is 0 Å². The Morgan fingerprint density at radius 2 is 2.08 bits per heavy atom. The van der Waals surface area contributed by atoms with E-state index in [0.29, 0.717) is 6.61 Å². The second kappa shape index (κ2) is 4.70. The lowest BCUT2D eigenvalue weighted by atomic mass is 9.81. The molecule has 0 aliphatic rings. The first-order valence-electron chi connectivity index (χ1n) is 4.23. The lowest BCUT2D eigenvalue weighted by Gasteiger charge is -2.10. The molecule has 66 valence electrons. The van der Waals surface area contributed by atoms with Gasteiger partial charge in [-0.15, -0.1) is 0 Å². The van der Waals surface area contributed by atoms with Gasteiger partial charge < -0.3 is 4.74 Å². The minimum atomic E-state index is -0.666. The number of hydrogen-bond donors (Lipinski definition) is 0. The molecule has 1 aromatic carbocycles. The Morgan fingerprint density at radius 1 is 1.46 bits per heavy atom. The van der Waals surface area contributed by atoms with Crippen molar-refractivity contribution in [2.45, 2.75) is 12.7 Å². The lowest BCUT2D eigenvalue weighted by molar-refractivity contribution is -0.142. The third-order valence-corrected chi connectivity index (χ3v) is 1.70. The molecule has 1 aromatic rings. The Hall–Kier alpha value is -1.25. The highest BCUT2D eigenvalue weighted by molar-refractivity contribution is 6.23. The van der Waals surface area contributed by atoms with E-state index in [1.807, 2.05) is 30.3 Å². The van der Waals surface area contributed by atoms with Crippen LogP contribution >= 0.6 is 0 Å². The van der Waals surface area contributed by atoms with Crippen LogP contribution < -0.4 is 0 Å². The summed E-state index contributed by atoms with van der Waals surface area (Å²) in [6.45, 7) is 2.12. The number of hydrogen-bond acceptors (Lipinski definition) is 2. The maximum atomic E-state index is 11.2. The molecule has 13 heavy (non-hydrogen) atoms. The fourth-order valence-corrected chi connectivity index (χ4v) is 1.03. The summed E-state index contributed by atoms with van der Waals surface area (Å²) in [7, 11) is 5.65. The van der Waals surface area contributed by atoms with Gasteiger partial charge in [-0.25, -0.2) is 0 Å². The predicted octanol–water partition coefficient (Wildman–Crippen LogP) is 1.46. The molecule has 0 amide bonds. The van der Waals surface area contributed by atoms with Crippen molar-refractivity contribution in [3.63, 3.8) is 0 Å². The average molecular weight is 174 g/mol. The zero-order chi connectivity index (χ0) is 9.68. The Bertz CT molecular complexity index is 272. The summed E-state index contributed by atoms with van der Waals surface area (Å²) in [5, 5.41) is 0. The molecule has 0 aliphatic heterocycles. The van der Waals surface area contributed by atoms with Gasteiger partial charge in [-0.1, -0.05) is 30.3 Å². The Labute approximate surface area is 79.3 Å². The third-order valence-electron chi connectivity index (χ3n) is 1.70. The van der Waals surface area contributed by atoms with Gasteiger partial charge in [0.2, 0.25) is 0 Å². The highest BCUT2D eigenvalue weighted by Crippen LogP contribution is 2.12. The van der Waals surface area contributed by atoms with E-state index in [4.69, 9.17) is 12.6 Å². The molecule has 2 radical (unpaired) electrons. The summed E-state index contributed by atoms with van der Waals surface area (Å²) in [4.78, 5) is 11.2. The molecular weight excluding hydrogens is 163 g/mol. The maximum absolute atomic E-state index is 11.2. The molecule has 1 rings (SSSR count). The zero-order valence-electron chi connectivity index (χ0n) is 7.57. The van der Waals surface area contributed by atoms with Gasteiger partial charge in [0, 0.05) is 5.82 Å². The number of carbonyl (C=O) groups is 1. The minimum absolute atomic E-state index is 0.360. The van der Waals surface area contributed by atoms with Crippen molar-refractivity contribution in [2.75, 3.05) is 6.61 Å². The molecule has 0 N–H and O–H groups in total. The topological polar surface area (TPSA) is 26.3 Å². The van der Waals surface area contributed by atoms with Crippen molar-refractivity contribution < 1.29 is 9.53 Å². The minimum Gasteiger partial charge on any atom is -0.466 e. The van der Waals surface area contributed by atoms with Gasteiger partial charge in [-0.3, -0.25) is 4.79 Å². The molecule has 2 nitrogen and oxygen atoms in total. The van der Waals surface area contributed by atoms with Crippen molar-refractivity contribution in [3.8, 4) is 0 Å². The van der Waals surface area contributed by atoms with E-state index in [1.165, 1.54) is 0 Å². The number of rotatable bonds is 3. The first-order valence-corrected chi connectivity index (χ1v) is 4.23. The fourth-order valence-electron chi connectivity index (χ4n) is 1.03. The van der Waals surface area contributed by atoms with Gasteiger partial charge in [0.25, 0.3) is 0 Å². The summed E-state index contributed by atoms with van der Waals surface area (Å²) < 4.78 is 4.79. The standard InChI is InChI=1S/C10H11BO2/c1-2-13-10(12)9(11)8-6-4-3-5-7-8/h3-7,9H,2H2,1H3. The van der Waals surface area contributed by atoms with Gasteiger partial charge in [0.1, 0.15) is 0 Å². The van der Waals surface area contributed by atoms with Crippen molar-refractivity contribution in [3.05, 3.63) is 35.9 Å². The molecule has 0 saturated heterocycles. The molecule has 0 saturated carbocycles. The number of benzene rings is 1.